The minimum atomic E-state index is -0.837. The van der Waals surface area contributed by atoms with Gasteiger partial charge in [-0.25, -0.2) is 4.98 Å². The summed E-state index contributed by atoms with van der Waals surface area (Å²) in [7, 11) is 3.19. The number of carbonyl (C=O) groups excluding carboxylic acids is 1. The van der Waals surface area contributed by atoms with Crippen molar-refractivity contribution in [2.24, 2.45) is 0 Å². The second-order valence-electron chi connectivity index (χ2n) is 6.03. The van der Waals surface area contributed by atoms with Crippen LogP contribution in [0.2, 0.25) is 0 Å². The zero-order chi connectivity index (χ0) is 18.0. The molecule has 0 aliphatic carbocycles. The maximum Gasteiger partial charge on any atom is 0.256 e. The van der Waals surface area contributed by atoms with Gasteiger partial charge in [-0.05, 0) is 26.3 Å². The zero-order valence-electron chi connectivity index (χ0n) is 15.5. The lowest BCUT2D eigenvalue weighted by molar-refractivity contribution is -0.136. The van der Waals surface area contributed by atoms with Crippen molar-refractivity contribution in [1.82, 2.24) is 4.98 Å². The fourth-order valence-electron chi connectivity index (χ4n) is 2.29. The molecule has 0 aromatic carbocycles. The second-order valence-corrected chi connectivity index (χ2v) is 6.03. The molecule has 0 fully saturated rings. The first-order valence-electron chi connectivity index (χ1n) is 8.41. The third kappa shape index (κ3) is 6.09. The van der Waals surface area contributed by atoms with Crippen LogP contribution >= 0.6 is 0 Å². The summed E-state index contributed by atoms with van der Waals surface area (Å²) in [6, 6.07) is 1.84. The van der Waals surface area contributed by atoms with Crippen LogP contribution in [0, 0.1) is 6.92 Å². The van der Waals surface area contributed by atoms with Crippen LogP contribution in [0.5, 0.6) is 5.88 Å². The summed E-state index contributed by atoms with van der Waals surface area (Å²) in [5.74, 6) is 0.387. The third-order valence-electron chi connectivity index (χ3n) is 4.00. The monoisotopic (exact) mass is 338 g/mol. The number of hydrogen-bond donors (Lipinski definition) is 1. The molecule has 1 rings (SSSR count). The smallest absolute Gasteiger partial charge is 0.256 e. The molecule has 0 aliphatic rings. The summed E-state index contributed by atoms with van der Waals surface area (Å²) in [6.45, 7) is 6.79. The SMILES string of the molecule is CCCCCC(C)(OC)C(=O)Nc1cnc(OCCOC)c(C)c1. The molecule has 6 heteroatoms. The van der Waals surface area contributed by atoms with Crippen LogP contribution in [-0.4, -0.2) is 43.9 Å². The standard InChI is InChI=1S/C18H30N2O4/c1-6-7-8-9-18(3,23-5)17(21)20-15-12-14(2)16(19-13-15)24-11-10-22-4/h12-13H,6-11H2,1-5H3,(H,20,21). The van der Waals surface area contributed by atoms with Gasteiger partial charge in [-0.15, -0.1) is 0 Å². The number of pyridine rings is 1. The Bertz CT molecular complexity index is 522. The molecule has 0 spiro atoms. The Morgan fingerprint density at radius 3 is 2.62 bits per heavy atom. The minimum Gasteiger partial charge on any atom is -0.475 e. The van der Waals surface area contributed by atoms with Crippen LogP contribution in [0.25, 0.3) is 0 Å². The predicted molar refractivity (Wildman–Crippen MR) is 94.5 cm³/mol. The summed E-state index contributed by atoms with van der Waals surface area (Å²) < 4.78 is 15.9. The summed E-state index contributed by atoms with van der Waals surface area (Å²) in [4.78, 5) is 16.8. The van der Waals surface area contributed by atoms with Gasteiger partial charge in [0.2, 0.25) is 5.88 Å². The highest BCUT2D eigenvalue weighted by molar-refractivity contribution is 5.97. The van der Waals surface area contributed by atoms with E-state index in [-0.39, 0.29) is 5.91 Å². The first kappa shape index (κ1) is 20.4. The van der Waals surface area contributed by atoms with Crippen molar-refractivity contribution in [2.75, 3.05) is 32.8 Å². The number of unbranched alkanes of at least 4 members (excludes halogenated alkanes) is 2. The first-order valence-corrected chi connectivity index (χ1v) is 8.41. The predicted octanol–water partition coefficient (Wildman–Crippen LogP) is 3.34. The van der Waals surface area contributed by atoms with E-state index < -0.39 is 5.60 Å². The van der Waals surface area contributed by atoms with Gasteiger partial charge in [0, 0.05) is 19.8 Å². The van der Waals surface area contributed by atoms with Crippen molar-refractivity contribution in [2.45, 2.75) is 52.1 Å². The molecule has 1 N–H and O–H groups in total. The maximum absolute atomic E-state index is 12.6. The van der Waals surface area contributed by atoms with Crippen LogP contribution in [0.3, 0.4) is 0 Å². The van der Waals surface area contributed by atoms with Gasteiger partial charge in [-0.1, -0.05) is 26.2 Å². The number of carbonyl (C=O) groups is 1. The van der Waals surface area contributed by atoms with E-state index >= 15 is 0 Å². The summed E-state index contributed by atoms with van der Waals surface area (Å²) in [5.41, 5.74) is 0.654. The summed E-state index contributed by atoms with van der Waals surface area (Å²) >= 11 is 0. The van der Waals surface area contributed by atoms with E-state index in [0.717, 1.165) is 24.8 Å². The number of nitrogens with one attached hydrogen (secondary N) is 1. The molecule has 24 heavy (non-hydrogen) atoms. The van der Waals surface area contributed by atoms with Crippen molar-refractivity contribution < 1.29 is 19.0 Å². The molecule has 1 heterocycles. The molecule has 0 bridgehead atoms. The normalized spacial score (nSPS) is 13.4. The summed E-state index contributed by atoms with van der Waals surface area (Å²) in [6.07, 6.45) is 5.43. The number of aromatic nitrogens is 1. The minimum absolute atomic E-state index is 0.157. The lowest BCUT2D eigenvalue weighted by Gasteiger charge is -2.27. The highest BCUT2D eigenvalue weighted by atomic mass is 16.5. The van der Waals surface area contributed by atoms with Gasteiger partial charge in [-0.2, -0.15) is 0 Å². The largest absolute Gasteiger partial charge is 0.475 e. The van der Waals surface area contributed by atoms with E-state index in [1.165, 1.54) is 0 Å². The molecule has 0 radical (unpaired) electrons. The van der Waals surface area contributed by atoms with E-state index in [4.69, 9.17) is 14.2 Å². The molecule has 1 unspecified atom stereocenters. The molecule has 136 valence electrons. The summed E-state index contributed by atoms with van der Waals surface area (Å²) in [5, 5.41) is 2.89. The molecule has 0 saturated heterocycles. The highest BCUT2D eigenvalue weighted by Gasteiger charge is 2.32. The Hall–Kier alpha value is -1.66. The molecule has 1 atom stereocenters. The molecule has 0 aliphatic heterocycles. The number of ether oxygens (including phenoxy) is 3. The maximum atomic E-state index is 12.6. The van der Waals surface area contributed by atoms with Crippen molar-refractivity contribution in [3.8, 4) is 5.88 Å². The van der Waals surface area contributed by atoms with Crippen molar-refractivity contribution >= 4 is 11.6 Å². The fourth-order valence-corrected chi connectivity index (χ4v) is 2.29. The fraction of sp³-hybridized carbons (Fsp3) is 0.667. The number of nitrogens with zero attached hydrogens (tertiary/aromatic N) is 1. The van der Waals surface area contributed by atoms with Gasteiger partial charge in [0.25, 0.3) is 5.91 Å². The molecule has 1 amide bonds. The molecule has 1 aromatic heterocycles. The van der Waals surface area contributed by atoms with Crippen LogP contribution in [-0.2, 0) is 14.3 Å². The lowest BCUT2D eigenvalue weighted by Crippen LogP contribution is -2.42. The van der Waals surface area contributed by atoms with E-state index in [2.05, 4.69) is 17.2 Å². The number of anilines is 1. The Labute approximate surface area is 144 Å². The number of rotatable bonds is 11. The average Bonchev–Trinajstić information content (AvgIpc) is 2.57. The average molecular weight is 338 g/mol. The molecule has 1 aromatic rings. The second kappa shape index (κ2) is 10.3. The van der Waals surface area contributed by atoms with Crippen LogP contribution in [0.4, 0.5) is 5.69 Å². The molecular formula is C18H30N2O4. The van der Waals surface area contributed by atoms with Crippen molar-refractivity contribution in [1.29, 1.82) is 0 Å². The number of amides is 1. The Kier molecular flexibility index (Phi) is 8.71. The van der Waals surface area contributed by atoms with Gasteiger partial charge in [0.15, 0.2) is 0 Å². The third-order valence-corrected chi connectivity index (χ3v) is 4.00. The first-order chi connectivity index (χ1) is 11.5. The zero-order valence-corrected chi connectivity index (χ0v) is 15.5. The Balaban J connectivity index is 2.69. The number of methoxy groups -OCH3 is 2. The molecule has 6 nitrogen and oxygen atoms in total. The van der Waals surface area contributed by atoms with Crippen molar-refractivity contribution in [3.63, 3.8) is 0 Å². The van der Waals surface area contributed by atoms with E-state index in [0.29, 0.717) is 31.2 Å². The van der Waals surface area contributed by atoms with Crippen LogP contribution < -0.4 is 10.1 Å². The van der Waals surface area contributed by atoms with Gasteiger partial charge in [0.05, 0.1) is 18.5 Å². The topological polar surface area (TPSA) is 69.7 Å². The Morgan fingerprint density at radius 1 is 1.29 bits per heavy atom. The molecule has 0 saturated carbocycles. The van der Waals surface area contributed by atoms with Gasteiger partial charge in [-0.3, -0.25) is 4.79 Å². The Morgan fingerprint density at radius 2 is 2.04 bits per heavy atom. The van der Waals surface area contributed by atoms with E-state index in [1.54, 1.807) is 20.4 Å². The van der Waals surface area contributed by atoms with E-state index in [1.807, 2.05) is 19.9 Å². The van der Waals surface area contributed by atoms with Gasteiger partial charge < -0.3 is 19.5 Å². The van der Waals surface area contributed by atoms with Gasteiger partial charge >= 0.3 is 0 Å². The molecular weight excluding hydrogens is 308 g/mol. The van der Waals surface area contributed by atoms with Gasteiger partial charge in [0.1, 0.15) is 12.2 Å². The highest BCUT2D eigenvalue weighted by Crippen LogP contribution is 2.23. The lowest BCUT2D eigenvalue weighted by atomic mass is 9.97. The number of aryl methyl sites for hydroxylation is 1. The van der Waals surface area contributed by atoms with Crippen molar-refractivity contribution in [3.05, 3.63) is 17.8 Å². The van der Waals surface area contributed by atoms with Crippen LogP contribution in [0.15, 0.2) is 12.3 Å². The quantitative estimate of drug-likeness (QED) is 0.627. The number of hydrogen-bond acceptors (Lipinski definition) is 5. The van der Waals surface area contributed by atoms with Crippen LogP contribution in [0.1, 0.15) is 45.1 Å². The van der Waals surface area contributed by atoms with E-state index in [9.17, 15) is 4.79 Å².